The molecule has 2 aromatic carbocycles. The molecule has 136 valence electrons. The van der Waals surface area contributed by atoms with E-state index in [1.165, 1.54) is 12.1 Å². The maximum atomic E-state index is 13.0. The number of carbonyl (C=O) groups is 2. The van der Waals surface area contributed by atoms with Gasteiger partial charge in [0.1, 0.15) is 11.6 Å². The smallest absolute Gasteiger partial charge is 0.257 e. The van der Waals surface area contributed by atoms with E-state index in [4.69, 9.17) is 4.74 Å². The largest absolute Gasteiger partial charge is 0.484 e. The lowest BCUT2D eigenvalue weighted by Crippen LogP contribution is -2.34. The molecule has 0 radical (unpaired) electrons. The van der Waals surface area contributed by atoms with Crippen LogP contribution >= 0.6 is 0 Å². The summed E-state index contributed by atoms with van der Waals surface area (Å²) in [4.78, 5) is 25.8. The molecule has 3 rings (SSSR count). The van der Waals surface area contributed by atoms with Gasteiger partial charge in [-0.25, -0.2) is 4.39 Å². The maximum absolute atomic E-state index is 13.0. The van der Waals surface area contributed by atoms with Crippen LogP contribution in [0, 0.1) is 11.7 Å². The van der Waals surface area contributed by atoms with Crippen LogP contribution in [-0.2, 0) is 16.1 Å². The van der Waals surface area contributed by atoms with E-state index >= 15 is 0 Å². The summed E-state index contributed by atoms with van der Waals surface area (Å²) in [6, 6.07) is 15.3. The van der Waals surface area contributed by atoms with Crippen molar-refractivity contribution >= 4 is 11.8 Å². The number of para-hydroxylation sites is 1. The monoisotopic (exact) mass is 356 g/mol. The third-order valence-electron chi connectivity index (χ3n) is 4.28. The van der Waals surface area contributed by atoms with Crippen molar-refractivity contribution in [2.24, 2.45) is 5.92 Å². The molecule has 1 N–H and O–H groups in total. The first-order valence-corrected chi connectivity index (χ1v) is 8.57. The van der Waals surface area contributed by atoms with Gasteiger partial charge in [0.25, 0.3) is 5.91 Å². The molecule has 1 fully saturated rings. The van der Waals surface area contributed by atoms with Crippen molar-refractivity contribution in [2.45, 2.75) is 13.0 Å². The lowest BCUT2D eigenvalue weighted by atomic mass is 10.1. The van der Waals surface area contributed by atoms with Crippen molar-refractivity contribution in [3.63, 3.8) is 0 Å². The highest BCUT2D eigenvalue weighted by Crippen LogP contribution is 2.20. The molecule has 0 spiro atoms. The molecule has 5 nitrogen and oxygen atoms in total. The van der Waals surface area contributed by atoms with E-state index in [1.807, 2.05) is 18.2 Å². The number of rotatable bonds is 7. The number of carbonyl (C=O) groups excluding carboxylic acids is 2. The van der Waals surface area contributed by atoms with Gasteiger partial charge in [0.15, 0.2) is 6.61 Å². The molecule has 1 heterocycles. The highest BCUT2D eigenvalue weighted by atomic mass is 19.1. The van der Waals surface area contributed by atoms with E-state index in [-0.39, 0.29) is 30.2 Å². The van der Waals surface area contributed by atoms with Gasteiger partial charge in [-0.05, 0) is 29.8 Å². The molecule has 0 bridgehead atoms. The zero-order valence-electron chi connectivity index (χ0n) is 14.4. The molecule has 6 heteroatoms. The van der Waals surface area contributed by atoms with Crippen molar-refractivity contribution in [2.75, 3.05) is 19.7 Å². The summed E-state index contributed by atoms with van der Waals surface area (Å²) in [6.45, 7) is 1.42. The summed E-state index contributed by atoms with van der Waals surface area (Å²) in [5, 5.41) is 2.81. The lowest BCUT2D eigenvalue weighted by molar-refractivity contribution is -0.128. The third-order valence-corrected chi connectivity index (χ3v) is 4.28. The average molecular weight is 356 g/mol. The van der Waals surface area contributed by atoms with Gasteiger partial charge < -0.3 is 15.0 Å². The third kappa shape index (κ3) is 5.05. The van der Waals surface area contributed by atoms with Crippen LogP contribution in [0.1, 0.15) is 12.0 Å². The molecule has 2 amide bonds. The molecule has 0 aliphatic carbocycles. The van der Waals surface area contributed by atoms with E-state index in [0.717, 1.165) is 5.56 Å². The number of benzene rings is 2. The van der Waals surface area contributed by atoms with Crippen LogP contribution in [0.25, 0.3) is 0 Å². The second kappa shape index (κ2) is 8.47. The first kappa shape index (κ1) is 17.9. The summed E-state index contributed by atoms with van der Waals surface area (Å²) in [5.74, 6) is 0.264. The van der Waals surface area contributed by atoms with Crippen molar-refractivity contribution in [3.8, 4) is 5.75 Å². The Bertz CT molecular complexity index is 749. The Morgan fingerprint density at radius 1 is 1.15 bits per heavy atom. The van der Waals surface area contributed by atoms with Crippen LogP contribution in [0.2, 0.25) is 0 Å². The summed E-state index contributed by atoms with van der Waals surface area (Å²) in [7, 11) is 0. The van der Waals surface area contributed by atoms with Gasteiger partial charge in [0.05, 0.1) is 0 Å². The van der Waals surface area contributed by atoms with Gasteiger partial charge in [0, 0.05) is 32.0 Å². The Kier molecular flexibility index (Phi) is 5.84. The van der Waals surface area contributed by atoms with Crippen molar-refractivity contribution < 1.29 is 18.7 Å². The maximum Gasteiger partial charge on any atom is 0.257 e. The Hall–Kier alpha value is -2.89. The summed E-state index contributed by atoms with van der Waals surface area (Å²) in [5.41, 5.74) is 0.890. The summed E-state index contributed by atoms with van der Waals surface area (Å²) >= 11 is 0. The molecule has 1 saturated heterocycles. The Labute approximate surface area is 151 Å². The second-order valence-electron chi connectivity index (χ2n) is 6.38. The van der Waals surface area contributed by atoms with E-state index in [0.29, 0.717) is 31.8 Å². The van der Waals surface area contributed by atoms with Gasteiger partial charge in [-0.3, -0.25) is 9.59 Å². The van der Waals surface area contributed by atoms with Crippen LogP contribution in [0.15, 0.2) is 54.6 Å². The van der Waals surface area contributed by atoms with E-state index in [1.54, 1.807) is 29.2 Å². The van der Waals surface area contributed by atoms with Crippen molar-refractivity contribution in [1.82, 2.24) is 10.2 Å². The molecule has 0 saturated carbocycles. The normalized spacial score (nSPS) is 16.6. The Morgan fingerprint density at radius 3 is 2.62 bits per heavy atom. The minimum Gasteiger partial charge on any atom is -0.484 e. The molecule has 1 aliphatic heterocycles. The molecule has 0 aromatic heterocycles. The lowest BCUT2D eigenvalue weighted by Gasteiger charge is -2.17. The molecule has 26 heavy (non-hydrogen) atoms. The highest BCUT2D eigenvalue weighted by molar-refractivity contribution is 5.79. The molecule has 2 aromatic rings. The number of hydrogen-bond acceptors (Lipinski definition) is 3. The van der Waals surface area contributed by atoms with Crippen LogP contribution in [0.4, 0.5) is 4.39 Å². The number of ether oxygens (including phenoxy) is 1. The van der Waals surface area contributed by atoms with Gasteiger partial charge in [0.2, 0.25) is 5.91 Å². The minimum absolute atomic E-state index is 0.0501. The van der Waals surface area contributed by atoms with Crippen LogP contribution in [0.3, 0.4) is 0 Å². The number of nitrogens with one attached hydrogen (secondary N) is 1. The summed E-state index contributed by atoms with van der Waals surface area (Å²) in [6.07, 6.45) is 0.404. The van der Waals surface area contributed by atoms with E-state index in [2.05, 4.69) is 5.32 Å². The van der Waals surface area contributed by atoms with Gasteiger partial charge >= 0.3 is 0 Å². The van der Waals surface area contributed by atoms with Crippen molar-refractivity contribution in [3.05, 3.63) is 66.0 Å². The van der Waals surface area contributed by atoms with Gasteiger partial charge in [-0.15, -0.1) is 0 Å². The average Bonchev–Trinajstić information content (AvgIpc) is 3.00. The Balaban J connectivity index is 1.41. The van der Waals surface area contributed by atoms with Gasteiger partial charge in [-0.2, -0.15) is 0 Å². The molecule has 1 atom stereocenters. The van der Waals surface area contributed by atoms with Crippen LogP contribution in [0.5, 0.6) is 5.75 Å². The fourth-order valence-corrected chi connectivity index (χ4v) is 2.93. The predicted molar refractivity (Wildman–Crippen MR) is 94.9 cm³/mol. The number of likely N-dealkylation sites (tertiary alicyclic amines) is 1. The fraction of sp³-hybridized carbons (Fsp3) is 0.300. The van der Waals surface area contributed by atoms with Crippen LogP contribution in [-0.4, -0.2) is 36.4 Å². The topological polar surface area (TPSA) is 58.6 Å². The number of nitrogens with zero attached hydrogens (tertiary/aromatic N) is 1. The second-order valence-corrected chi connectivity index (χ2v) is 6.38. The van der Waals surface area contributed by atoms with Crippen molar-refractivity contribution in [1.29, 1.82) is 0 Å². The SMILES string of the molecule is O=C(COc1ccccc1)NC[C@@H]1CC(=O)N(Cc2ccc(F)cc2)C1. The molecule has 1 aliphatic rings. The quantitative estimate of drug-likeness (QED) is 0.829. The molecule has 0 unspecified atom stereocenters. The van der Waals surface area contributed by atoms with Crippen LogP contribution < -0.4 is 10.1 Å². The first-order chi connectivity index (χ1) is 12.6. The standard InChI is InChI=1S/C20H21FN2O3/c21-17-8-6-15(7-9-17)12-23-13-16(10-20(23)25)11-22-19(24)14-26-18-4-2-1-3-5-18/h1-9,16H,10-14H2,(H,22,24)/t16-/m0/s1. The number of hydrogen-bond donors (Lipinski definition) is 1. The predicted octanol–water partition coefficient (Wildman–Crippen LogP) is 2.37. The number of amides is 2. The number of halogens is 1. The first-order valence-electron chi connectivity index (χ1n) is 8.57. The zero-order chi connectivity index (χ0) is 18.4. The minimum atomic E-state index is -0.292. The highest BCUT2D eigenvalue weighted by Gasteiger charge is 2.29. The van der Waals surface area contributed by atoms with E-state index < -0.39 is 0 Å². The van der Waals surface area contributed by atoms with E-state index in [9.17, 15) is 14.0 Å². The molecular weight excluding hydrogens is 335 g/mol. The fourth-order valence-electron chi connectivity index (χ4n) is 2.93. The Morgan fingerprint density at radius 2 is 1.88 bits per heavy atom. The summed E-state index contributed by atoms with van der Waals surface area (Å²) < 4.78 is 18.3. The zero-order valence-corrected chi connectivity index (χ0v) is 14.4. The van der Waals surface area contributed by atoms with Gasteiger partial charge in [-0.1, -0.05) is 30.3 Å². The molecular formula is C20H21FN2O3.